The summed E-state index contributed by atoms with van der Waals surface area (Å²) in [6.45, 7) is 2.10. The van der Waals surface area contributed by atoms with Crippen LogP contribution in [0.1, 0.15) is 17.5 Å². The average molecular weight is 432 g/mol. The minimum Gasteiger partial charge on any atom is -0.334 e. The van der Waals surface area contributed by atoms with Gasteiger partial charge in [-0.15, -0.1) is 0 Å². The molecule has 0 saturated carbocycles. The second-order valence-electron chi connectivity index (χ2n) is 7.68. The van der Waals surface area contributed by atoms with Crippen LogP contribution in [0.3, 0.4) is 0 Å². The lowest BCUT2D eigenvalue weighted by Gasteiger charge is -2.36. The lowest BCUT2D eigenvalue weighted by atomic mass is 10.1. The molecule has 0 aromatic heterocycles. The number of nitrogens with zero attached hydrogens (tertiary/aromatic N) is 2. The topological polar surface area (TPSA) is 64.7 Å². The molecule has 4 rings (SSSR count). The Labute approximate surface area is 186 Å². The summed E-state index contributed by atoms with van der Waals surface area (Å²) in [5, 5.41) is 5.65. The Morgan fingerprint density at radius 2 is 1.69 bits per heavy atom. The van der Waals surface area contributed by atoms with Crippen LogP contribution < -0.4 is 15.5 Å². The van der Waals surface area contributed by atoms with Crippen LogP contribution in [0.25, 0.3) is 0 Å². The fourth-order valence-electron chi connectivity index (χ4n) is 3.68. The van der Waals surface area contributed by atoms with Crippen LogP contribution in [0.15, 0.2) is 78.9 Å². The minimum absolute atomic E-state index is 0.105. The molecule has 1 aliphatic rings. The monoisotopic (exact) mass is 432 g/mol. The molecule has 1 saturated heterocycles. The maximum absolute atomic E-state index is 13.2. The second kappa shape index (κ2) is 9.96. The highest BCUT2D eigenvalue weighted by Crippen LogP contribution is 2.24. The van der Waals surface area contributed by atoms with Crippen LogP contribution in [0, 0.1) is 5.82 Å². The van der Waals surface area contributed by atoms with Crippen LogP contribution in [0.5, 0.6) is 0 Å². The number of urea groups is 2. The van der Waals surface area contributed by atoms with Crippen LogP contribution in [-0.2, 0) is 13.1 Å². The molecule has 3 aromatic rings. The summed E-state index contributed by atoms with van der Waals surface area (Å²) in [5.41, 5.74) is 3.22. The molecule has 7 heteroatoms. The average Bonchev–Trinajstić information content (AvgIpc) is 2.81. The van der Waals surface area contributed by atoms with Crippen molar-refractivity contribution >= 4 is 23.4 Å². The molecule has 1 fully saturated rings. The molecule has 1 heterocycles. The summed E-state index contributed by atoms with van der Waals surface area (Å²) >= 11 is 0. The summed E-state index contributed by atoms with van der Waals surface area (Å²) in [4.78, 5) is 28.8. The SMILES string of the molecule is O=C(NCc1ccccc1)Nc1cccc(N2CCCN(Cc3ccc(F)cc3)C2=O)c1. The summed E-state index contributed by atoms with van der Waals surface area (Å²) in [5.74, 6) is -0.294. The Bertz CT molecular complexity index is 1070. The molecule has 1 aliphatic heterocycles. The van der Waals surface area contributed by atoms with E-state index in [1.807, 2.05) is 42.5 Å². The maximum atomic E-state index is 13.2. The van der Waals surface area contributed by atoms with E-state index in [4.69, 9.17) is 0 Å². The first-order valence-corrected chi connectivity index (χ1v) is 10.6. The van der Waals surface area contributed by atoms with Crippen molar-refractivity contribution < 1.29 is 14.0 Å². The molecule has 0 radical (unpaired) electrons. The molecule has 164 valence electrons. The zero-order chi connectivity index (χ0) is 22.3. The summed E-state index contributed by atoms with van der Waals surface area (Å²) in [7, 11) is 0. The number of nitrogens with one attached hydrogen (secondary N) is 2. The minimum atomic E-state index is -0.311. The normalized spacial score (nSPS) is 13.7. The number of benzene rings is 3. The number of carbonyl (C=O) groups excluding carboxylic acids is 2. The lowest BCUT2D eigenvalue weighted by Crippen LogP contribution is -2.49. The molecule has 4 amide bonds. The van der Waals surface area contributed by atoms with E-state index < -0.39 is 0 Å². The van der Waals surface area contributed by atoms with Gasteiger partial charge in [0.25, 0.3) is 0 Å². The van der Waals surface area contributed by atoms with E-state index in [1.54, 1.807) is 34.1 Å². The Balaban J connectivity index is 1.38. The molecule has 3 aromatic carbocycles. The predicted molar refractivity (Wildman–Crippen MR) is 123 cm³/mol. The maximum Gasteiger partial charge on any atom is 0.324 e. The fourth-order valence-corrected chi connectivity index (χ4v) is 3.68. The van der Waals surface area contributed by atoms with Gasteiger partial charge in [0.15, 0.2) is 0 Å². The quantitative estimate of drug-likeness (QED) is 0.577. The van der Waals surface area contributed by atoms with Gasteiger partial charge in [-0.2, -0.15) is 0 Å². The van der Waals surface area contributed by atoms with E-state index in [1.165, 1.54) is 12.1 Å². The van der Waals surface area contributed by atoms with Crippen LogP contribution >= 0.6 is 0 Å². The van der Waals surface area contributed by atoms with Gasteiger partial charge in [0.1, 0.15) is 5.82 Å². The van der Waals surface area contributed by atoms with E-state index in [9.17, 15) is 14.0 Å². The van der Waals surface area contributed by atoms with Gasteiger partial charge in [-0.05, 0) is 47.9 Å². The third kappa shape index (κ3) is 5.43. The van der Waals surface area contributed by atoms with Gasteiger partial charge in [0.05, 0.1) is 0 Å². The number of amides is 4. The van der Waals surface area contributed by atoms with E-state index in [0.29, 0.717) is 31.9 Å². The first-order valence-electron chi connectivity index (χ1n) is 10.6. The largest absolute Gasteiger partial charge is 0.334 e. The van der Waals surface area contributed by atoms with Gasteiger partial charge in [0.2, 0.25) is 0 Å². The summed E-state index contributed by atoms with van der Waals surface area (Å²) < 4.78 is 13.2. The first kappa shape index (κ1) is 21.4. The van der Waals surface area contributed by atoms with Gasteiger partial charge in [-0.1, -0.05) is 48.5 Å². The van der Waals surface area contributed by atoms with E-state index in [0.717, 1.165) is 23.2 Å². The third-order valence-electron chi connectivity index (χ3n) is 5.31. The van der Waals surface area contributed by atoms with Gasteiger partial charge >= 0.3 is 12.1 Å². The van der Waals surface area contributed by atoms with Crippen molar-refractivity contribution in [2.45, 2.75) is 19.5 Å². The second-order valence-corrected chi connectivity index (χ2v) is 7.68. The van der Waals surface area contributed by atoms with Crippen molar-refractivity contribution in [3.63, 3.8) is 0 Å². The number of hydrogen-bond donors (Lipinski definition) is 2. The van der Waals surface area contributed by atoms with E-state index in [2.05, 4.69) is 10.6 Å². The van der Waals surface area contributed by atoms with Crippen molar-refractivity contribution in [2.75, 3.05) is 23.3 Å². The van der Waals surface area contributed by atoms with Gasteiger partial charge in [-0.3, -0.25) is 4.90 Å². The highest BCUT2D eigenvalue weighted by Gasteiger charge is 2.27. The number of anilines is 2. The molecular weight excluding hydrogens is 407 g/mol. The Morgan fingerprint density at radius 3 is 2.47 bits per heavy atom. The smallest absolute Gasteiger partial charge is 0.324 e. The number of halogens is 1. The first-order chi connectivity index (χ1) is 15.6. The third-order valence-corrected chi connectivity index (χ3v) is 5.31. The van der Waals surface area contributed by atoms with Crippen molar-refractivity contribution in [3.8, 4) is 0 Å². The molecular formula is C25H25FN4O2. The van der Waals surface area contributed by atoms with E-state index in [-0.39, 0.29) is 17.9 Å². The predicted octanol–water partition coefficient (Wildman–Crippen LogP) is 4.98. The molecule has 0 atom stereocenters. The van der Waals surface area contributed by atoms with Crippen LogP contribution in [0.4, 0.5) is 25.4 Å². The Morgan fingerprint density at radius 1 is 0.906 bits per heavy atom. The molecule has 6 nitrogen and oxygen atoms in total. The summed E-state index contributed by atoms with van der Waals surface area (Å²) in [6, 6.07) is 22.7. The van der Waals surface area contributed by atoms with Crippen molar-refractivity contribution in [2.24, 2.45) is 0 Å². The molecule has 0 spiro atoms. The van der Waals surface area contributed by atoms with Gasteiger partial charge < -0.3 is 15.5 Å². The molecule has 32 heavy (non-hydrogen) atoms. The Hall–Kier alpha value is -3.87. The number of carbonyl (C=O) groups is 2. The molecule has 0 unspecified atom stereocenters. The number of rotatable bonds is 6. The molecule has 0 aliphatic carbocycles. The fraction of sp³-hybridized carbons (Fsp3) is 0.200. The van der Waals surface area contributed by atoms with Crippen molar-refractivity contribution in [1.29, 1.82) is 0 Å². The van der Waals surface area contributed by atoms with Gasteiger partial charge in [-0.25, -0.2) is 14.0 Å². The zero-order valence-corrected chi connectivity index (χ0v) is 17.6. The summed E-state index contributed by atoms with van der Waals surface area (Å²) in [6.07, 6.45) is 0.822. The highest BCUT2D eigenvalue weighted by molar-refractivity contribution is 5.95. The van der Waals surface area contributed by atoms with Crippen LogP contribution in [0.2, 0.25) is 0 Å². The standard InChI is InChI=1S/C25H25FN4O2/c26-21-12-10-20(11-13-21)18-29-14-5-15-30(25(29)32)23-9-4-8-22(16-23)28-24(31)27-17-19-6-2-1-3-7-19/h1-4,6-13,16H,5,14-15,17-18H2,(H2,27,28,31). The van der Waals surface area contributed by atoms with E-state index >= 15 is 0 Å². The number of hydrogen-bond acceptors (Lipinski definition) is 2. The zero-order valence-electron chi connectivity index (χ0n) is 17.6. The molecule has 0 bridgehead atoms. The van der Waals surface area contributed by atoms with Crippen molar-refractivity contribution in [3.05, 3.63) is 95.8 Å². The highest BCUT2D eigenvalue weighted by atomic mass is 19.1. The van der Waals surface area contributed by atoms with Crippen molar-refractivity contribution in [1.82, 2.24) is 10.2 Å². The lowest BCUT2D eigenvalue weighted by molar-refractivity contribution is 0.192. The Kier molecular flexibility index (Phi) is 6.65. The van der Waals surface area contributed by atoms with Gasteiger partial charge in [0, 0.05) is 37.6 Å². The van der Waals surface area contributed by atoms with Crippen LogP contribution in [-0.4, -0.2) is 30.1 Å². The molecule has 2 N–H and O–H groups in total.